The van der Waals surface area contributed by atoms with Crippen molar-refractivity contribution in [2.24, 2.45) is 0 Å². The highest BCUT2D eigenvalue weighted by molar-refractivity contribution is 6.39. The molecule has 18 heavy (non-hydrogen) atoms. The number of phenols is 1. The lowest BCUT2D eigenvalue weighted by Gasteiger charge is -2.12. The summed E-state index contributed by atoms with van der Waals surface area (Å²) in [5, 5.41) is 14.5. The molecule has 0 bridgehead atoms. The van der Waals surface area contributed by atoms with Crippen LogP contribution in [0.1, 0.15) is 25.8 Å². The van der Waals surface area contributed by atoms with Crippen molar-refractivity contribution in [2.75, 3.05) is 5.32 Å². The highest BCUT2D eigenvalue weighted by Gasteiger charge is 2.16. The van der Waals surface area contributed by atoms with Gasteiger partial charge in [0.05, 0.1) is 5.69 Å². The number of anilines is 1. The number of benzene rings is 1. The van der Waals surface area contributed by atoms with Crippen LogP contribution in [0, 0.1) is 6.92 Å². The van der Waals surface area contributed by atoms with Gasteiger partial charge in [0.2, 0.25) is 0 Å². The van der Waals surface area contributed by atoms with E-state index in [-0.39, 0.29) is 17.5 Å². The van der Waals surface area contributed by atoms with Gasteiger partial charge in [-0.3, -0.25) is 9.59 Å². The summed E-state index contributed by atoms with van der Waals surface area (Å²) in [5.74, 6) is -1.54. The summed E-state index contributed by atoms with van der Waals surface area (Å²) in [6.45, 7) is 5.55. The molecule has 0 aliphatic heterocycles. The van der Waals surface area contributed by atoms with Gasteiger partial charge in [0.15, 0.2) is 0 Å². The van der Waals surface area contributed by atoms with Crippen LogP contribution in [0.2, 0.25) is 0 Å². The Bertz CT molecular complexity index is 458. The SMILES string of the molecule is CCC(C)NC(=O)C(=O)Nc1ccc(C)cc1O. The number of amides is 2. The summed E-state index contributed by atoms with van der Waals surface area (Å²) in [6, 6.07) is 4.75. The third-order valence-electron chi connectivity index (χ3n) is 2.60. The first-order chi connectivity index (χ1) is 8.43. The Balaban J connectivity index is 2.67. The quantitative estimate of drug-likeness (QED) is 0.562. The zero-order chi connectivity index (χ0) is 13.7. The summed E-state index contributed by atoms with van der Waals surface area (Å²) in [7, 11) is 0. The first kappa shape index (κ1) is 14.0. The number of hydrogen-bond donors (Lipinski definition) is 3. The average molecular weight is 250 g/mol. The zero-order valence-electron chi connectivity index (χ0n) is 10.8. The van der Waals surface area contributed by atoms with Gasteiger partial charge < -0.3 is 15.7 Å². The van der Waals surface area contributed by atoms with Gasteiger partial charge in [-0.05, 0) is 38.0 Å². The molecule has 1 rings (SSSR count). The maximum Gasteiger partial charge on any atom is 0.313 e. The molecular formula is C13H18N2O3. The van der Waals surface area contributed by atoms with Gasteiger partial charge in [-0.2, -0.15) is 0 Å². The van der Waals surface area contributed by atoms with Crippen LogP contribution >= 0.6 is 0 Å². The first-order valence-electron chi connectivity index (χ1n) is 5.85. The fourth-order valence-electron chi connectivity index (χ4n) is 1.32. The smallest absolute Gasteiger partial charge is 0.313 e. The summed E-state index contributed by atoms with van der Waals surface area (Å²) in [4.78, 5) is 23.1. The molecule has 5 nitrogen and oxygen atoms in total. The van der Waals surface area contributed by atoms with Crippen molar-refractivity contribution in [3.05, 3.63) is 23.8 Å². The van der Waals surface area contributed by atoms with Crippen LogP contribution in [-0.4, -0.2) is 23.0 Å². The molecular weight excluding hydrogens is 232 g/mol. The topological polar surface area (TPSA) is 78.4 Å². The lowest BCUT2D eigenvalue weighted by molar-refractivity contribution is -0.136. The van der Waals surface area contributed by atoms with Crippen molar-refractivity contribution >= 4 is 17.5 Å². The summed E-state index contributed by atoms with van der Waals surface area (Å²) < 4.78 is 0. The van der Waals surface area contributed by atoms with Crippen LogP contribution in [0.15, 0.2) is 18.2 Å². The Morgan fingerprint density at radius 2 is 2.00 bits per heavy atom. The van der Waals surface area contributed by atoms with Gasteiger partial charge in [-0.1, -0.05) is 13.0 Å². The molecule has 1 aromatic rings. The lowest BCUT2D eigenvalue weighted by atomic mass is 10.2. The molecule has 0 aliphatic carbocycles. The van der Waals surface area contributed by atoms with Crippen molar-refractivity contribution in [2.45, 2.75) is 33.2 Å². The third kappa shape index (κ3) is 3.76. The molecule has 2 amide bonds. The number of hydrogen-bond acceptors (Lipinski definition) is 3. The fraction of sp³-hybridized carbons (Fsp3) is 0.385. The number of carbonyl (C=O) groups excluding carboxylic acids is 2. The molecule has 0 spiro atoms. The molecule has 98 valence electrons. The van der Waals surface area contributed by atoms with Crippen LogP contribution in [0.5, 0.6) is 5.75 Å². The van der Waals surface area contributed by atoms with E-state index < -0.39 is 11.8 Å². The lowest BCUT2D eigenvalue weighted by Crippen LogP contribution is -2.40. The van der Waals surface area contributed by atoms with Crippen molar-refractivity contribution in [1.82, 2.24) is 5.32 Å². The second-order valence-electron chi connectivity index (χ2n) is 4.26. The Labute approximate surface area is 106 Å². The normalized spacial score (nSPS) is 11.7. The van der Waals surface area contributed by atoms with E-state index in [0.717, 1.165) is 12.0 Å². The largest absolute Gasteiger partial charge is 0.506 e. The summed E-state index contributed by atoms with van der Waals surface area (Å²) >= 11 is 0. The zero-order valence-corrected chi connectivity index (χ0v) is 10.8. The molecule has 0 saturated carbocycles. The molecule has 1 unspecified atom stereocenters. The second kappa shape index (κ2) is 6.05. The molecule has 0 heterocycles. The molecule has 0 saturated heterocycles. The van der Waals surface area contributed by atoms with Gasteiger partial charge in [0.25, 0.3) is 0 Å². The van der Waals surface area contributed by atoms with Crippen molar-refractivity contribution in [3.8, 4) is 5.75 Å². The van der Waals surface area contributed by atoms with E-state index in [1.165, 1.54) is 6.07 Å². The summed E-state index contributed by atoms with van der Waals surface area (Å²) in [6.07, 6.45) is 0.745. The number of aromatic hydroxyl groups is 1. The minimum atomic E-state index is -0.783. The molecule has 0 aliphatic rings. The number of carbonyl (C=O) groups is 2. The highest BCUT2D eigenvalue weighted by Crippen LogP contribution is 2.23. The van der Waals surface area contributed by atoms with Gasteiger partial charge in [-0.15, -0.1) is 0 Å². The number of rotatable bonds is 3. The Morgan fingerprint density at radius 1 is 1.33 bits per heavy atom. The van der Waals surface area contributed by atoms with Crippen molar-refractivity contribution < 1.29 is 14.7 Å². The van der Waals surface area contributed by atoms with Crippen LogP contribution in [0.3, 0.4) is 0 Å². The number of aryl methyl sites for hydroxylation is 1. The Morgan fingerprint density at radius 3 is 2.56 bits per heavy atom. The van der Waals surface area contributed by atoms with Crippen molar-refractivity contribution in [3.63, 3.8) is 0 Å². The maximum atomic E-state index is 11.6. The van der Waals surface area contributed by atoms with Crippen molar-refractivity contribution in [1.29, 1.82) is 0 Å². The average Bonchev–Trinajstić information content (AvgIpc) is 2.32. The van der Waals surface area contributed by atoms with E-state index in [1.807, 2.05) is 20.8 Å². The summed E-state index contributed by atoms with van der Waals surface area (Å²) in [5.41, 5.74) is 1.10. The molecule has 1 atom stereocenters. The van der Waals surface area contributed by atoms with Gasteiger partial charge >= 0.3 is 11.8 Å². The molecule has 0 radical (unpaired) electrons. The van der Waals surface area contributed by atoms with E-state index in [2.05, 4.69) is 10.6 Å². The van der Waals surface area contributed by atoms with Crippen LogP contribution < -0.4 is 10.6 Å². The monoisotopic (exact) mass is 250 g/mol. The van der Waals surface area contributed by atoms with E-state index in [4.69, 9.17) is 0 Å². The predicted molar refractivity (Wildman–Crippen MR) is 69.4 cm³/mol. The Kier molecular flexibility index (Phi) is 4.71. The van der Waals surface area contributed by atoms with E-state index in [1.54, 1.807) is 12.1 Å². The van der Waals surface area contributed by atoms with Gasteiger partial charge in [-0.25, -0.2) is 0 Å². The fourth-order valence-corrected chi connectivity index (χ4v) is 1.32. The maximum absolute atomic E-state index is 11.6. The number of phenolic OH excluding ortho intramolecular Hbond substituents is 1. The highest BCUT2D eigenvalue weighted by atomic mass is 16.3. The molecule has 5 heteroatoms. The minimum absolute atomic E-state index is 0.0558. The van der Waals surface area contributed by atoms with Crippen LogP contribution in [0.4, 0.5) is 5.69 Å². The molecule has 0 aromatic heterocycles. The van der Waals surface area contributed by atoms with Crippen LogP contribution in [0.25, 0.3) is 0 Å². The molecule has 3 N–H and O–H groups in total. The second-order valence-corrected chi connectivity index (χ2v) is 4.26. The predicted octanol–water partition coefficient (Wildman–Crippen LogP) is 1.55. The van der Waals surface area contributed by atoms with E-state index >= 15 is 0 Å². The van der Waals surface area contributed by atoms with Crippen LogP contribution in [-0.2, 0) is 9.59 Å². The molecule has 0 fully saturated rings. The minimum Gasteiger partial charge on any atom is -0.506 e. The van der Waals surface area contributed by atoms with Gasteiger partial charge in [0.1, 0.15) is 5.75 Å². The van der Waals surface area contributed by atoms with Gasteiger partial charge in [0, 0.05) is 6.04 Å². The Hall–Kier alpha value is -2.04. The third-order valence-corrected chi connectivity index (χ3v) is 2.60. The number of nitrogens with one attached hydrogen (secondary N) is 2. The standard InChI is InChI=1S/C13H18N2O3/c1-4-9(3)14-12(17)13(18)15-10-6-5-8(2)7-11(10)16/h5-7,9,16H,4H2,1-3H3,(H,14,17)(H,15,18). The first-order valence-corrected chi connectivity index (χ1v) is 5.85. The molecule has 1 aromatic carbocycles. The van der Waals surface area contributed by atoms with E-state index in [0.29, 0.717) is 0 Å². The van der Waals surface area contributed by atoms with E-state index in [9.17, 15) is 14.7 Å².